The van der Waals surface area contributed by atoms with Gasteiger partial charge in [0.2, 0.25) is 0 Å². The summed E-state index contributed by atoms with van der Waals surface area (Å²) in [6, 6.07) is 0. The molecule has 0 aromatic heterocycles. The third kappa shape index (κ3) is 5.53. The molecule has 0 radical (unpaired) electrons. The first-order valence-corrected chi connectivity index (χ1v) is 7.01. The fourth-order valence-electron chi connectivity index (χ4n) is 2.33. The lowest BCUT2D eigenvalue weighted by Gasteiger charge is -2.11. The Bertz CT molecular complexity index is 189. The van der Waals surface area contributed by atoms with Crippen molar-refractivity contribution in [1.82, 2.24) is 0 Å². The highest BCUT2D eigenvalue weighted by atomic mass is 16.5. The number of rotatable bonds is 7. The molecule has 0 aromatic rings. The van der Waals surface area contributed by atoms with Crippen LogP contribution in [0.25, 0.3) is 0 Å². The van der Waals surface area contributed by atoms with E-state index < -0.39 is 0 Å². The Morgan fingerprint density at radius 2 is 1.88 bits per heavy atom. The Kier molecular flexibility index (Phi) is 7.28. The molecule has 0 aromatic carbocycles. The van der Waals surface area contributed by atoms with Crippen LogP contribution in [0.4, 0.5) is 0 Å². The van der Waals surface area contributed by atoms with Crippen LogP contribution in [0.15, 0.2) is 0 Å². The molecule has 1 saturated heterocycles. The minimum absolute atomic E-state index is 0.0612. The number of hydrogen-bond donors (Lipinski definition) is 0. The molecule has 2 nitrogen and oxygen atoms in total. The molecule has 0 saturated carbocycles. The van der Waals surface area contributed by atoms with Crippen molar-refractivity contribution in [2.45, 2.75) is 71.1 Å². The van der Waals surface area contributed by atoms with Gasteiger partial charge in [0, 0.05) is 0 Å². The van der Waals surface area contributed by atoms with E-state index in [-0.39, 0.29) is 11.9 Å². The summed E-state index contributed by atoms with van der Waals surface area (Å²) in [6.07, 6.45) is 12.1. The van der Waals surface area contributed by atoms with Gasteiger partial charge < -0.3 is 4.74 Å². The Morgan fingerprint density at radius 1 is 1.12 bits per heavy atom. The summed E-state index contributed by atoms with van der Waals surface area (Å²) in [4.78, 5) is 11.6. The average molecular weight is 226 g/mol. The molecule has 2 heteroatoms. The fraction of sp³-hybridized carbons (Fsp3) is 0.929. The molecule has 1 atom stereocenters. The van der Waals surface area contributed by atoms with E-state index in [0.717, 1.165) is 25.7 Å². The van der Waals surface area contributed by atoms with E-state index in [1.807, 2.05) is 0 Å². The van der Waals surface area contributed by atoms with Crippen molar-refractivity contribution in [3.05, 3.63) is 0 Å². The lowest BCUT2D eigenvalue weighted by molar-refractivity contribution is -0.147. The minimum Gasteiger partial charge on any atom is -0.465 e. The number of esters is 1. The summed E-state index contributed by atoms with van der Waals surface area (Å²) >= 11 is 0. The van der Waals surface area contributed by atoms with E-state index in [1.165, 1.54) is 38.5 Å². The largest absolute Gasteiger partial charge is 0.465 e. The maximum atomic E-state index is 11.6. The van der Waals surface area contributed by atoms with Crippen LogP contribution < -0.4 is 0 Å². The topological polar surface area (TPSA) is 26.3 Å². The normalized spacial score (nSPS) is 21.6. The van der Waals surface area contributed by atoms with Crippen LogP contribution in [-0.4, -0.2) is 12.6 Å². The van der Waals surface area contributed by atoms with E-state index in [2.05, 4.69) is 6.92 Å². The molecule has 1 aliphatic rings. The average Bonchev–Trinajstić information content (AvgIpc) is 2.49. The molecule has 1 heterocycles. The monoisotopic (exact) mass is 226 g/mol. The van der Waals surface area contributed by atoms with Gasteiger partial charge in [-0.1, -0.05) is 45.4 Å². The SMILES string of the molecule is CCCCCCCCC1CCCCOC1=O. The summed E-state index contributed by atoms with van der Waals surface area (Å²) in [5.41, 5.74) is 0. The van der Waals surface area contributed by atoms with E-state index in [1.54, 1.807) is 0 Å². The Balaban J connectivity index is 2.04. The van der Waals surface area contributed by atoms with Crippen LogP contribution in [0.3, 0.4) is 0 Å². The Hall–Kier alpha value is -0.530. The maximum absolute atomic E-state index is 11.6. The predicted octanol–water partition coefficient (Wildman–Crippen LogP) is 4.08. The Morgan fingerprint density at radius 3 is 2.69 bits per heavy atom. The van der Waals surface area contributed by atoms with E-state index in [9.17, 15) is 4.79 Å². The smallest absolute Gasteiger partial charge is 0.308 e. The van der Waals surface area contributed by atoms with Gasteiger partial charge in [-0.2, -0.15) is 0 Å². The van der Waals surface area contributed by atoms with Gasteiger partial charge in [-0.3, -0.25) is 4.79 Å². The highest BCUT2D eigenvalue weighted by Crippen LogP contribution is 2.21. The second-order valence-electron chi connectivity index (χ2n) is 4.92. The summed E-state index contributed by atoms with van der Waals surface area (Å²) in [6.45, 7) is 2.88. The van der Waals surface area contributed by atoms with Crippen molar-refractivity contribution >= 4 is 5.97 Å². The first-order chi connectivity index (χ1) is 7.84. The zero-order chi connectivity index (χ0) is 11.6. The van der Waals surface area contributed by atoms with Crippen molar-refractivity contribution in [3.8, 4) is 0 Å². The van der Waals surface area contributed by atoms with Gasteiger partial charge in [0.1, 0.15) is 0 Å². The molecule has 0 bridgehead atoms. The zero-order valence-corrected chi connectivity index (χ0v) is 10.7. The molecule has 0 N–H and O–H groups in total. The van der Waals surface area contributed by atoms with Gasteiger partial charge >= 0.3 is 5.97 Å². The van der Waals surface area contributed by atoms with E-state index in [4.69, 9.17) is 4.74 Å². The molecular formula is C14H26O2. The van der Waals surface area contributed by atoms with Gasteiger partial charge in [0.05, 0.1) is 12.5 Å². The van der Waals surface area contributed by atoms with Gasteiger partial charge in [-0.25, -0.2) is 0 Å². The van der Waals surface area contributed by atoms with Gasteiger partial charge in [0.25, 0.3) is 0 Å². The second kappa shape index (κ2) is 8.60. The molecule has 1 aliphatic heterocycles. The lowest BCUT2D eigenvalue weighted by atomic mass is 9.96. The molecule has 0 amide bonds. The minimum atomic E-state index is 0.0612. The van der Waals surface area contributed by atoms with Gasteiger partial charge in [0.15, 0.2) is 0 Å². The van der Waals surface area contributed by atoms with Crippen molar-refractivity contribution in [3.63, 3.8) is 0 Å². The van der Waals surface area contributed by atoms with E-state index >= 15 is 0 Å². The first kappa shape index (κ1) is 13.5. The number of hydrogen-bond acceptors (Lipinski definition) is 2. The van der Waals surface area contributed by atoms with Crippen LogP contribution in [0.1, 0.15) is 71.1 Å². The van der Waals surface area contributed by atoms with Crippen LogP contribution in [0, 0.1) is 5.92 Å². The zero-order valence-electron chi connectivity index (χ0n) is 10.7. The second-order valence-corrected chi connectivity index (χ2v) is 4.92. The molecule has 0 aliphatic carbocycles. The van der Waals surface area contributed by atoms with Crippen molar-refractivity contribution < 1.29 is 9.53 Å². The van der Waals surface area contributed by atoms with E-state index in [0.29, 0.717) is 6.61 Å². The maximum Gasteiger partial charge on any atom is 0.308 e. The lowest BCUT2D eigenvalue weighted by Crippen LogP contribution is -2.15. The molecule has 16 heavy (non-hydrogen) atoms. The first-order valence-electron chi connectivity index (χ1n) is 7.01. The van der Waals surface area contributed by atoms with Gasteiger partial charge in [-0.15, -0.1) is 0 Å². The third-order valence-electron chi connectivity index (χ3n) is 3.43. The molecular weight excluding hydrogens is 200 g/mol. The molecule has 1 fully saturated rings. The number of ether oxygens (including phenoxy) is 1. The molecule has 1 unspecified atom stereocenters. The fourth-order valence-corrected chi connectivity index (χ4v) is 2.33. The van der Waals surface area contributed by atoms with Crippen molar-refractivity contribution in [1.29, 1.82) is 0 Å². The quantitative estimate of drug-likeness (QED) is 0.483. The van der Waals surface area contributed by atoms with Crippen molar-refractivity contribution in [2.75, 3.05) is 6.61 Å². The number of carbonyl (C=O) groups excluding carboxylic acids is 1. The summed E-state index contributed by atoms with van der Waals surface area (Å²) in [7, 11) is 0. The predicted molar refractivity (Wildman–Crippen MR) is 66.3 cm³/mol. The molecule has 0 spiro atoms. The number of cyclic esters (lactones) is 1. The highest BCUT2D eigenvalue weighted by Gasteiger charge is 2.21. The number of unbranched alkanes of at least 4 members (excludes halogenated alkanes) is 5. The summed E-state index contributed by atoms with van der Waals surface area (Å²) in [5, 5.41) is 0. The van der Waals surface area contributed by atoms with Crippen LogP contribution in [-0.2, 0) is 9.53 Å². The van der Waals surface area contributed by atoms with Crippen LogP contribution >= 0.6 is 0 Å². The molecule has 1 rings (SSSR count). The Labute approximate surface area is 99.8 Å². The number of carbonyl (C=O) groups is 1. The van der Waals surface area contributed by atoms with Crippen LogP contribution in [0.2, 0.25) is 0 Å². The third-order valence-corrected chi connectivity index (χ3v) is 3.43. The van der Waals surface area contributed by atoms with Crippen LogP contribution in [0.5, 0.6) is 0 Å². The molecule has 94 valence electrons. The summed E-state index contributed by atoms with van der Waals surface area (Å²) < 4.78 is 5.17. The van der Waals surface area contributed by atoms with Crippen molar-refractivity contribution in [2.24, 2.45) is 5.92 Å². The summed E-state index contributed by atoms with van der Waals surface area (Å²) in [5.74, 6) is 0.264. The van der Waals surface area contributed by atoms with Gasteiger partial charge in [-0.05, 0) is 25.7 Å². The highest BCUT2D eigenvalue weighted by molar-refractivity contribution is 5.72. The standard InChI is InChI=1S/C14H26O2/c1-2-3-4-5-6-7-10-13-11-8-9-12-16-14(13)15/h13H,2-12H2,1H3.